The normalized spacial score (nSPS) is 19.1. The second-order valence-electron chi connectivity index (χ2n) is 4.14. The highest BCUT2D eigenvalue weighted by molar-refractivity contribution is 6.19. The molecule has 2 rings (SSSR count). The first-order valence-corrected chi connectivity index (χ1v) is 6.22. The minimum Gasteiger partial charge on any atom is -0.349 e. The summed E-state index contributed by atoms with van der Waals surface area (Å²) in [6, 6.07) is 7.50. The lowest BCUT2D eigenvalue weighted by atomic mass is 10.0. The van der Waals surface area contributed by atoms with E-state index in [9.17, 15) is 9.59 Å². The third kappa shape index (κ3) is 2.86. The Labute approximate surface area is 105 Å². The van der Waals surface area contributed by atoms with Gasteiger partial charge < -0.3 is 5.32 Å². The van der Waals surface area contributed by atoms with Crippen LogP contribution in [0, 0.1) is 0 Å². The molecule has 0 bridgehead atoms. The van der Waals surface area contributed by atoms with Crippen molar-refractivity contribution in [1.82, 2.24) is 5.32 Å². The third-order valence-corrected chi connectivity index (χ3v) is 3.14. The summed E-state index contributed by atoms with van der Waals surface area (Å²) in [4.78, 5) is 22.7. The molecule has 17 heavy (non-hydrogen) atoms. The Balaban J connectivity index is 2.07. The van der Waals surface area contributed by atoms with Crippen LogP contribution in [-0.2, 0) is 4.79 Å². The fourth-order valence-corrected chi connectivity index (χ4v) is 2.17. The maximum Gasteiger partial charge on any atom is 0.220 e. The molecule has 1 aromatic rings. The predicted octanol–water partition coefficient (Wildman–Crippen LogP) is 2.45. The fraction of sp³-hybridized carbons (Fsp3) is 0.385. The molecule has 3 nitrogen and oxygen atoms in total. The van der Waals surface area contributed by atoms with Gasteiger partial charge in [-0.1, -0.05) is 24.3 Å². The SMILES string of the molecule is O=C1CCC(c2ccc(C(=O)CCCl)cc2)N1. The number of hydrogen-bond acceptors (Lipinski definition) is 2. The number of nitrogens with one attached hydrogen (secondary N) is 1. The number of ketones is 1. The van der Waals surface area contributed by atoms with E-state index in [4.69, 9.17) is 11.6 Å². The second-order valence-corrected chi connectivity index (χ2v) is 4.52. The molecule has 1 heterocycles. The van der Waals surface area contributed by atoms with Crippen LogP contribution in [0.1, 0.15) is 41.2 Å². The summed E-state index contributed by atoms with van der Waals surface area (Å²) in [5.41, 5.74) is 1.73. The maximum absolute atomic E-state index is 11.6. The summed E-state index contributed by atoms with van der Waals surface area (Å²) in [6.45, 7) is 0. The predicted molar refractivity (Wildman–Crippen MR) is 66.2 cm³/mol. The van der Waals surface area contributed by atoms with E-state index >= 15 is 0 Å². The second kappa shape index (κ2) is 5.32. The van der Waals surface area contributed by atoms with Crippen LogP contribution in [0.5, 0.6) is 0 Å². The van der Waals surface area contributed by atoms with Crippen LogP contribution in [0.4, 0.5) is 0 Å². The molecule has 1 aromatic carbocycles. The lowest BCUT2D eigenvalue weighted by Gasteiger charge is -2.10. The lowest BCUT2D eigenvalue weighted by molar-refractivity contribution is -0.119. The van der Waals surface area contributed by atoms with E-state index < -0.39 is 0 Å². The number of benzene rings is 1. The van der Waals surface area contributed by atoms with Crippen molar-refractivity contribution in [3.05, 3.63) is 35.4 Å². The minimum atomic E-state index is 0.0574. The first kappa shape index (κ1) is 12.1. The highest BCUT2D eigenvalue weighted by atomic mass is 35.5. The van der Waals surface area contributed by atoms with Gasteiger partial charge in [0.05, 0.1) is 6.04 Å². The smallest absolute Gasteiger partial charge is 0.220 e. The van der Waals surface area contributed by atoms with E-state index in [1.807, 2.05) is 12.1 Å². The number of carbonyl (C=O) groups is 2. The van der Waals surface area contributed by atoms with Gasteiger partial charge in [0.15, 0.2) is 5.78 Å². The van der Waals surface area contributed by atoms with Gasteiger partial charge in [0.25, 0.3) is 0 Å². The van der Waals surface area contributed by atoms with Gasteiger partial charge in [0.2, 0.25) is 5.91 Å². The molecule has 0 aliphatic carbocycles. The molecule has 0 saturated carbocycles. The van der Waals surface area contributed by atoms with Gasteiger partial charge in [0, 0.05) is 24.3 Å². The number of halogens is 1. The van der Waals surface area contributed by atoms with Gasteiger partial charge in [-0.05, 0) is 12.0 Å². The molecule has 1 fully saturated rings. The molecule has 1 amide bonds. The van der Waals surface area contributed by atoms with Crippen molar-refractivity contribution in [3.63, 3.8) is 0 Å². The summed E-state index contributed by atoms with van der Waals surface area (Å²) in [5, 5.41) is 2.90. The van der Waals surface area contributed by atoms with Crippen LogP contribution < -0.4 is 5.32 Å². The quantitative estimate of drug-likeness (QED) is 0.660. The van der Waals surface area contributed by atoms with Crippen molar-refractivity contribution in [2.75, 3.05) is 5.88 Å². The number of amides is 1. The van der Waals surface area contributed by atoms with E-state index in [1.54, 1.807) is 12.1 Å². The minimum absolute atomic E-state index is 0.0574. The van der Waals surface area contributed by atoms with Crippen molar-refractivity contribution in [3.8, 4) is 0 Å². The fourth-order valence-electron chi connectivity index (χ4n) is 2.00. The zero-order valence-corrected chi connectivity index (χ0v) is 10.2. The summed E-state index contributed by atoms with van der Waals surface area (Å²) in [7, 11) is 0. The molecule has 1 saturated heterocycles. The van der Waals surface area contributed by atoms with Crippen LogP contribution in [0.25, 0.3) is 0 Å². The molecular weight excluding hydrogens is 238 g/mol. The largest absolute Gasteiger partial charge is 0.349 e. The number of rotatable bonds is 4. The molecule has 1 aliphatic heterocycles. The summed E-state index contributed by atoms with van der Waals surface area (Å²) >= 11 is 5.53. The van der Waals surface area contributed by atoms with Crippen LogP contribution in [0.15, 0.2) is 24.3 Å². The van der Waals surface area contributed by atoms with E-state index in [2.05, 4.69) is 5.32 Å². The topological polar surface area (TPSA) is 46.2 Å². The average molecular weight is 252 g/mol. The Bertz CT molecular complexity index is 428. The van der Waals surface area contributed by atoms with Crippen LogP contribution in [0.2, 0.25) is 0 Å². The average Bonchev–Trinajstić information content (AvgIpc) is 2.76. The Morgan fingerprint density at radius 2 is 2.06 bits per heavy atom. The zero-order valence-electron chi connectivity index (χ0n) is 9.41. The number of carbonyl (C=O) groups excluding carboxylic acids is 2. The van der Waals surface area contributed by atoms with Gasteiger partial charge in [-0.15, -0.1) is 11.6 Å². The summed E-state index contributed by atoms with van der Waals surface area (Å²) in [5.74, 6) is 0.499. The number of alkyl halides is 1. The Kier molecular flexibility index (Phi) is 3.79. The first-order valence-electron chi connectivity index (χ1n) is 5.69. The third-order valence-electron chi connectivity index (χ3n) is 2.95. The Morgan fingerprint density at radius 1 is 1.35 bits per heavy atom. The van der Waals surface area contributed by atoms with Gasteiger partial charge in [-0.2, -0.15) is 0 Å². The molecule has 0 radical (unpaired) electrons. The van der Waals surface area contributed by atoms with E-state index in [-0.39, 0.29) is 17.7 Å². The first-order chi connectivity index (χ1) is 8.20. The monoisotopic (exact) mass is 251 g/mol. The summed E-state index contributed by atoms with van der Waals surface area (Å²) in [6.07, 6.45) is 1.77. The van der Waals surface area contributed by atoms with Crippen molar-refractivity contribution in [1.29, 1.82) is 0 Å². The van der Waals surface area contributed by atoms with Gasteiger partial charge in [-0.3, -0.25) is 9.59 Å². The zero-order chi connectivity index (χ0) is 12.3. The van der Waals surface area contributed by atoms with Gasteiger partial charge in [0.1, 0.15) is 0 Å². The number of hydrogen-bond donors (Lipinski definition) is 1. The molecule has 0 aromatic heterocycles. The molecule has 4 heteroatoms. The lowest BCUT2D eigenvalue weighted by Crippen LogP contribution is -2.18. The Morgan fingerprint density at radius 3 is 2.59 bits per heavy atom. The van der Waals surface area contributed by atoms with Crippen molar-refractivity contribution in [2.45, 2.75) is 25.3 Å². The van der Waals surface area contributed by atoms with Crippen LogP contribution in [-0.4, -0.2) is 17.6 Å². The van der Waals surface area contributed by atoms with Crippen molar-refractivity contribution >= 4 is 23.3 Å². The molecule has 1 atom stereocenters. The van der Waals surface area contributed by atoms with Crippen molar-refractivity contribution < 1.29 is 9.59 Å². The molecule has 1 unspecified atom stereocenters. The number of Topliss-reactive ketones (excluding diaryl/α,β-unsaturated/α-hetero) is 1. The van der Waals surface area contributed by atoms with E-state index in [0.29, 0.717) is 24.3 Å². The Hall–Kier alpha value is -1.35. The van der Waals surface area contributed by atoms with Crippen molar-refractivity contribution in [2.24, 2.45) is 0 Å². The van der Waals surface area contributed by atoms with Gasteiger partial charge >= 0.3 is 0 Å². The highest BCUT2D eigenvalue weighted by Gasteiger charge is 2.22. The summed E-state index contributed by atoms with van der Waals surface area (Å²) < 4.78 is 0. The van der Waals surface area contributed by atoms with Gasteiger partial charge in [-0.25, -0.2) is 0 Å². The van der Waals surface area contributed by atoms with E-state index in [1.165, 1.54) is 0 Å². The maximum atomic E-state index is 11.6. The van der Waals surface area contributed by atoms with Crippen LogP contribution in [0.3, 0.4) is 0 Å². The van der Waals surface area contributed by atoms with E-state index in [0.717, 1.165) is 12.0 Å². The molecule has 1 aliphatic rings. The standard InChI is InChI=1S/C13H14ClNO2/c14-8-7-12(16)10-3-1-9(2-4-10)11-5-6-13(17)15-11/h1-4,11H,5-8H2,(H,15,17). The highest BCUT2D eigenvalue weighted by Crippen LogP contribution is 2.24. The molecule has 1 N–H and O–H groups in total. The molecule has 0 spiro atoms. The molecular formula is C13H14ClNO2. The van der Waals surface area contributed by atoms with Crippen LogP contribution >= 0.6 is 11.6 Å². The molecule has 90 valence electrons.